The zero-order chi connectivity index (χ0) is 13.8. The lowest BCUT2D eigenvalue weighted by Gasteiger charge is -2.26. The maximum absolute atomic E-state index is 11.9. The van der Waals surface area contributed by atoms with Gasteiger partial charge in [0.2, 0.25) is 0 Å². The van der Waals surface area contributed by atoms with Crippen molar-refractivity contribution in [2.24, 2.45) is 0 Å². The molecule has 1 heterocycles. The zero-order valence-corrected chi connectivity index (χ0v) is 12.5. The number of benzene rings is 1. The average Bonchev–Trinajstić information content (AvgIpc) is 2.38. The van der Waals surface area contributed by atoms with Crippen LogP contribution in [0.25, 0.3) is 0 Å². The second kappa shape index (κ2) is 6.39. The lowest BCUT2D eigenvalue weighted by atomic mass is 10.1. The van der Waals surface area contributed by atoms with Gasteiger partial charge in [-0.1, -0.05) is 27.5 Å². The Morgan fingerprint density at radius 2 is 2.05 bits per heavy atom. The third-order valence-corrected chi connectivity index (χ3v) is 3.71. The van der Waals surface area contributed by atoms with Gasteiger partial charge in [0.1, 0.15) is 11.5 Å². The molecule has 1 saturated heterocycles. The predicted octanol–water partition coefficient (Wildman–Crippen LogP) is 2.67. The first kappa shape index (κ1) is 14.3. The SMILES string of the molecule is O=C1CCN(C(=O)COc2ccc(Br)cc2Cl)CC1. The molecule has 0 unspecified atom stereocenters. The number of piperidine rings is 1. The van der Waals surface area contributed by atoms with Crippen LogP contribution in [0.3, 0.4) is 0 Å². The van der Waals surface area contributed by atoms with E-state index in [1.54, 1.807) is 23.1 Å². The highest BCUT2D eigenvalue weighted by Crippen LogP contribution is 2.27. The standard InChI is InChI=1S/C13H13BrClNO3/c14-9-1-2-12(11(15)7-9)19-8-13(18)16-5-3-10(17)4-6-16/h1-2,7H,3-6,8H2. The van der Waals surface area contributed by atoms with E-state index in [1.807, 2.05) is 0 Å². The van der Waals surface area contributed by atoms with Crippen LogP contribution in [-0.2, 0) is 9.59 Å². The Morgan fingerprint density at radius 1 is 1.37 bits per heavy atom. The summed E-state index contributed by atoms with van der Waals surface area (Å²) in [5, 5.41) is 0.455. The van der Waals surface area contributed by atoms with Gasteiger partial charge in [0.15, 0.2) is 6.61 Å². The molecular weight excluding hydrogens is 334 g/mol. The summed E-state index contributed by atoms with van der Waals surface area (Å²) in [4.78, 5) is 24.6. The normalized spacial score (nSPS) is 15.5. The van der Waals surface area contributed by atoms with Gasteiger partial charge in [-0.05, 0) is 18.2 Å². The van der Waals surface area contributed by atoms with Gasteiger partial charge in [0.05, 0.1) is 5.02 Å². The Morgan fingerprint density at radius 3 is 2.68 bits per heavy atom. The van der Waals surface area contributed by atoms with Gasteiger partial charge >= 0.3 is 0 Å². The number of halogens is 2. The number of carbonyl (C=O) groups excluding carboxylic acids is 2. The van der Waals surface area contributed by atoms with Crippen LogP contribution in [0.4, 0.5) is 0 Å². The van der Waals surface area contributed by atoms with Crippen LogP contribution in [0.15, 0.2) is 22.7 Å². The highest BCUT2D eigenvalue weighted by Gasteiger charge is 2.21. The second-order valence-electron chi connectivity index (χ2n) is 4.28. The Hall–Kier alpha value is -1.07. The molecule has 0 spiro atoms. The van der Waals surface area contributed by atoms with Gasteiger partial charge in [0, 0.05) is 30.4 Å². The second-order valence-corrected chi connectivity index (χ2v) is 5.61. The molecule has 1 fully saturated rings. The van der Waals surface area contributed by atoms with Crippen molar-refractivity contribution in [3.8, 4) is 5.75 Å². The van der Waals surface area contributed by atoms with E-state index >= 15 is 0 Å². The number of rotatable bonds is 3. The van der Waals surface area contributed by atoms with E-state index in [0.29, 0.717) is 36.7 Å². The van der Waals surface area contributed by atoms with Gasteiger partial charge in [-0.2, -0.15) is 0 Å². The summed E-state index contributed by atoms with van der Waals surface area (Å²) in [7, 11) is 0. The van der Waals surface area contributed by atoms with E-state index in [4.69, 9.17) is 16.3 Å². The molecule has 1 amide bonds. The van der Waals surface area contributed by atoms with Gasteiger partial charge < -0.3 is 9.64 Å². The lowest BCUT2D eigenvalue weighted by Crippen LogP contribution is -2.41. The number of ketones is 1. The van der Waals surface area contributed by atoms with Crippen molar-refractivity contribution in [3.63, 3.8) is 0 Å². The number of amides is 1. The van der Waals surface area contributed by atoms with E-state index in [0.717, 1.165) is 4.47 Å². The van der Waals surface area contributed by atoms with Crippen LogP contribution in [-0.4, -0.2) is 36.3 Å². The van der Waals surface area contributed by atoms with Crippen LogP contribution in [0.1, 0.15) is 12.8 Å². The molecule has 0 atom stereocenters. The molecule has 1 aliphatic rings. The number of nitrogens with zero attached hydrogens (tertiary/aromatic N) is 1. The molecule has 1 aromatic carbocycles. The Labute approximate surface area is 124 Å². The first-order valence-corrected chi connectivity index (χ1v) is 7.10. The minimum absolute atomic E-state index is 0.0600. The van der Waals surface area contributed by atoms with Gasteiger partial charge in [-0.25, -0.2) is 0 Å². The van der Waals surface area contributed by atoms with Gasteiger partial charge in [-0.15, -0.1) is 0 Å². The van der Waals surface area contributed by atoms with Gasteiger partial charge in [0.25, 0.3) is 5.91 Å². The van der Waals surface area contributed by atoms with Crippen molar-refractivity contribution in [3.05, 3.63) is 27.7 Å². The van der Waals surface area contributed by atoms with Crippen molar-refractivity contribution < 1.29 is 14.3 Å². The smallest absolute Gasteiger partial charge is 0.260 e. The lowest BCUT2D eigenvalue weighted by molar-refractivity contribution is -0.136. The molecule has 2 rings (SSSR count). The monoisotopic (exact) mass is 345 g/mol. The molecule has 1 aromatic rings. The Kier molecular flexibility index (Phi) is 4.82. The van der Waals surface area contributed by atoms with Crippen LogP contribution in [0.2, 0.25) is 5.02 Å². The molecule has 6 heteroatoms. The summed E-state index contributed by atoms with van der Waals surface area (Å²) in [5.74, 6) is 0.568. The fourth-order valence-corrected chi connectivity index (χ4v) is 2.56. The average molecular weight is 347 g/mol. The quantitative estimate of drug-likeness (QED) is 0.845. The topological polar surface area (TPSA) is 46.6 Å². The maximum atomic E-state index is 11.9. The largest absolute Gasteiger partial charge is 0.482 e. The van der Waals surface area contributed by atoms with E-state index in [2.05, 4.69) is 15.9 Å². The maximum Gasteiger partial charge on any atom is 0.260 e. The number of hydrogen-bond acceptors (Lipinski definition) is 3. The van der Waals surface area contributed by atoms with Gasteiger partial charge in [-0.3, -0.25) is 9.59 Å². The highest BCUT2D eigenvalue weighted by atomic mass is 79.9. The molecule has 0 N–H and O–H groups in total. The van der Waals surface area contributed by atoms with E-state index in [1.165, 1.54) is 0 Å². The first-order chi connectivity index (χ1) is 9.06. The molecule has 19 heavy (non-hydrogen) atoms. The molecule has 0 radical (unpaired) electrons. The van der Waals surface area contributed by atoms with E-state index in [-0.39, 0.29) is 18.3 Å². The van der Waals surface area contributed by atoms with Crippen molar-refractivity contribution >= 4 is 39.2 Å². The molecule has 4 nitrogen and oxygen atoms in total. The van der Waals surface area contributed by atoms with Crippen molar-refractivity contribution in [1.82, 2.24) is 4.90 Å². The number of likely N-dealkylation sites (tertiary alicyclic amines) is 1. The van der Waals surface area contributed by atoms with Crippen LogP contribution in [0, 0.1) is 0 Å². The van der Waals surface area contributed by atoms with Crippen molar-refractivity contribution in [1.29, 1.82) is 0 Å². The number of Topliss-reactive ketones (excluding diaryl/α,β-unsaturated/α-hetero) is 1. The Balaban J connectivity index is 1.88. The number of carbonyl (C=O) groups is 2. The molecule has 1 aliphatic heterocycles. The number of ether oxygens (including phenoxy) is 1. The summed E-state index contributed by atoms with van der Waals surface area (Å²) in [6, 6.07) is 5.21. The molecule has 0 aromatic heterocycles. The summed E-state index contributed by atoms with van der Waals surface area (Å²) in [6.07, 6.45) is 0.871. The fourth-order valence-electron chi connectivity index (χ4n) is 1.83. The van der Waals surface area contributed by atoms with Crippen LogP contribution >= 0.6 is 27.5 Å². The van der Waals surface area contributed by atoms with E-state index < -0.39 is 0 Å². The first-order valence-electron chi connectivity index (χ1n) is 5.93. The third kappa shape index (κ3) is 3.94. The molecule has 0 bridgehead atoms. The van der Waals surface area contributed by atoms with Crippen LogP contribution in [0.5, 0.6) is 5.75 Å². The molecule has 0 aliphatic carbocycles. The van der Waals surface area contributed by atoms with Crippen molar-refractivity contribution in [2.45, 2.75) is 12.8 Å². The van der Waals surface area contributed by atoms with Crippen LogP contribution < -0.4 is 4.74 Å². The highest BCUT2D eigenvalue weighted by molar-refractivity contribution is 9.10. The molecule has 0 saturated carbocycles. The van der Waals surface area contributed by atoms with Crippen molar-refractivity contribution in [2.75, 3.05) is 19.7 Å². The Bertz CT molecular complexity index is 497. The molecule has 102 valence electrons. The summed E-state index contributed by atoms with van der Waals surface area (Å²) >= 11 is 9.29. The minimum Gasteiger partial charge on any atom is -0.482 e. The van der Waals surface area contributed by atoms with E-state index in [9.17, 15) is 9.59 Å². The summed E-state index contributed by atoms with van der Waals surface area (Å²) in [6.45, 7) is 0.903. The zero-order valence-electron chi connectivity index (χ0n) is 10.2. The summed E-state index contributed by atoms with van der Waals surface area (Å²) in [5.41, 5.74) is 0. The summed E-state index contributed by atoms with van der Waals surface area (Å²) < 4.78 is 6.26. The minimum atomic E-state index is -0.119. The molecular formula is C13H13BrClNO3. The third-order valence-electron chi connectivity index (χ3n) is 2.92. The predicted molar refractivity (Wildman–Crippen MR) is 75.5 cm³/mol. The fraction of sp³-hybridized carbons (Fsp3) is 0.385. The number of hydrogen-bond donors (Lipinski definition) is 0.